The minimum atomic E-state index is -0.0977. The standard InChI is InChI=1S/C21H29N5O2S.HI/c1-22-20(28)17-7-4-6-16(14-17)9-11-23-21(25-15-19(27)26(2)3)24-12-10-18-8-5-13-29-18;/h4-8,13-14H,9-12,15H2,1-3H3,(H,22,28)(H2,23,24,25);1H. The highest BCUT2D eigenvalue weighted by Crippen LogP contribution is 2.08. The number of carbonyl (C=O) groups is 2. The molecule has 0 spiro atoms. The lowest BCUT2D eigenvalue weighted by Gasteiger charge is -2.14. The lowest BCUT2D eigenvalue weighted by Crippen LogP contribution is -2.40. The van der Waals surface area contributed by atoms with E-state index in [0.29, 0.717) is 18.1 Å². The number of rotatable bonds is 9. The van der Waals surface area contributed by atoms with E-state index in [4.69, 9.17) is 0 Å². The van der Waals surface area contributed by atoms with Gasteiger partial charge in [0.05, 0.1) is 0 Å². The van der Waals surface area contributed by atoms with Crippen molar-refractivity contribution in [3.63, 3.8) is 0 Å². The largest absolute Gasteiger partial charge is 0.356 e. The first-order valence-corrected chi connectivity index (χ1v) is 10.4. The molecule has 1 aromatic carbocycles. The van der Waals surface area contributed by atoms with Gasteiger partial charge in [0, 0.05) is 44.7 Å². The van der Waals surface area contributed by atoms with Crippen LogP contribution in [0.3, 0.4) is 0 Å². The zero-order chi connectivity index (χ0) is 21.1. The summed E-state index contributed by atoms with van der Waals surface area (Å²) in [5.74, 6) is 0.460. The van der Waals surface area contributed by atoms with Crippen LogP contribution in [0.1, 0.15) is 20.8 Å². The Balaban J connectivity index is 0.00000450. The van der Waals surface area contributed by atoms with E-state index >= 15 is 0 Å². The topological polar surface area (TPSA) is 85.8 Å². The van der Waals surface area contributed by atoms with Crippen LogP contribution >= 0.6 is 35.3 Å². The summed E-state index contributed by atoms with van der Waals surface area (Å²) in [6.07, 6.45) is 1.63. The van der Waals surface area contributed by atoms with Gasteiger partial charge >= 0.3 is 0 Å². The molecule has 0 fully saturated rings. The third kappa shape index (κ3) is 9.12. The highest BCUT2D eigenvalue weighted by molar-refractivity contribution is 14.0. The summed E-state index contributed by atoms with van der Waals surface area (Å²) in [4.78, 5) is 30.9. The number of aliphatic imine (C=N–C) groups is 1. The van der Waals surface area contributed by atoms with Crippen LogP contribution in [0.2, 0.25) is 0 Å². The van der Waals surface area contributed by atoms with Crippen molar-refractivity contribution in [3.8, 4) is 0 Å². The number of amides is 2. The fourth-order valence-corrected chi connectivity index (χ4v) is 3.27. The molecule has 1 aromatic heterocycles. The molecule has 7 nitrogen and oxygen atoms in total. The molecule has 2 amide bonds. The predicted molar refractivity (Wildman–Crippen MR) is 134 cm³/mol. The summed E-state index contributed by atoms with van der Waals surface area (Å²) in [7, 11) is 5.05. The van der Waals surface area contributed by atoms with Gasteiger partial charge in [0.25, 0.3) is 5.91 Å². The molecule has 0 saturated heterocycles. The van der Waals surface area contributed by atoms with E-state index in [1.165, 1.54) is 9.78 Å². The number of hydrogen-bond acceptors (Lipinski definition) is 4. The molecule has 0 atom stereocenters. The molecule has 0 aliphatic rings. The lowest BCUT2D eigenvalue weighted by molar-refractivity contribution is -0.127. The third-order valence-corrected chi connectivity index (χ3v) is 5.17. The molecule has 0 saturated carbocycles. The molecule has 0 radical (unpaired) electrons. The minimum Gasteiger partial charge on any atom is -0.356 e. The van der Waals surface area contributed by atoms with Crippen molar-refractivity contribution < 1.29 is 9.59 Å². The van der Waals surface area contributed by atoms with Crippen molar-refractivity contribution in [2.24, 2.45) is 4.99 Å². The van der Waals surface area contributed by atoms with Gasteiger partial charge in [-0.2, -0.15) is 0 Å². The first kappa shape index (κ1) is 25.9. The number of halogens is 1. The molecule has 0 aliphatic carbocycles. The highest BCUT2D eigenvalue weighted by Gasteiger charge is 2.06. The van der Waals surface area contributed by atoms with Crippen molar-refractivity contribution in [1.82, 2.24) is 20.9 Å². The number of nitrogens with one attached hydrogen (secondary N) is 3. The van der Waals surface area contributed by atoms with Crippen LogP contribution in [0.25, 0.3) is 0 Å². The fraction of sp³-hybridized carbons (Fsp3) is 0.381. The number of nitrogens with zero attached hydrogens (tertiary/aromatic N) is 2. The maximum atomic E-state index is 11.9. The van der Waals surface area contributed by atoms with Crippen LogP contribution in [0.4, 0.5) is 0 Å². The van der Waals surface area contributed by atoms with E-state index in [9.17, 15) is 9.59 Å². The molecule has 3 N–H and O–H groups in total. The normalized spacial score (nSPS) is 10.7. The summed E-state index contributed by atoms with van der Waals surface area (Å²) in [6.45, 7) is 1.46. The van der Waals surface area contributed by atoms with Crippen LogP contribution < -0.4 is 16.0 Å². The van der Waals surface area contributed by atoms with Gasteiger partial charge in [0.2, 0.25) is 5.91 Å². The van der Waals surface area contributed by atoms with E-state index < -0.39 is 0 Å². The number of likely N-dealkylation sites (N-methyl/N-ethyl adjacent to an activating group) is 1. The van der Waals surface area contributed by atoms with Gasteiger partial charge in [-0.1, -0.05) is 18.2 Å². The summed E-state index contributed by atoms with van der Waals surface area (Å²) in [6, 6.07) is 11.7. The Kier molecular flexibility index (Phi) is 12.1. The van der Waals surface area contributed by atoms with Crippen molar-refractivity contribution in [2.45, 2.75) is 12.8 Å². The number of benzene rings is 1. The summed E-state index contributed by atoms with van der Waals surface area (Å²) in [5.41, 5.74) is 1.70. The van der Waals surface area contributed by atoms with Crippen LogP contribution in [0, 0.1) is 0 Å². The molecule has 0 unspecified atom stereocenters. The highest BCUT2D eigenvalue weighted by atomic mass is 127. The molecule has 164 valence electrons. The molecule has 1 heterocycles. The van der Waals surface area contributed by atoms with E-state index in [0.717, 1.165) is 24.9 Å². The zero-order valence-corrected chi connectivity index (χ0v) is 20.8. The van der Waals surface area contributed by atoms with Crippen molar-refractivity contribution in [3.05, 3.63) is 57.8 Å². The molecule has 2 rings (SSSR count). The van der Waals surface area contributed by atoms with Gasteiger partial charge in [-0.15, -0.1) is 35.3 Å². The second-order valence-corrected chi connectivity index (χ2v) is 7.70. The Labute approximate surface area is 199 Å². The number of carbonyl (C=O) groups excluding carboxylic acids is 2. The van der Waals surface area contributed by atoms with E-state index in [-0.39, 0.29) is 42.3 Å². The quantitative estimate of drug-likeness (QED) is 0.257. The van der Waals surface area contributed by atoms with Crippen LogP contribution in [0.15, 0.2) is 46.8 Å². The maximum Gasteiger partial charge on any atom is 0.251 e. The molecule has 0 aliphatic heterocycles. The Morgan fingerprint density at radius 3 is 2.43 bits per heavy atom. The van der Waals surface area contributed by atoms with Gasteiger partial charge in [0.15, 0.2) is 5.96 Å². The van der Waals surface area contributed by atoms with Crippen LogP contribution in [-0.4, -0.2) is 63.5 Å². The Bertz CT molecular complexity index is 825. The smallest absolute Gasteiger partial charge is 0.251 e. The molecular weight excluding hydrogens is 513 g/mol. The maximum absolute atomic E-state index is 11.9. The van der Waals surface area contributed by atoms with Crippen molar-refractivity contribution in [1.29, 1.82) is 0 Å². The molecule has 0 bridgehead atoms. The first-order valence-electron chi connectivity index (χ1n) is 9.55. The Hall–Kier alpha value is -2.14. The molecule has 9 heteroatoms. The lowest BCUT2D eigenvalue weighted by atomic mass is 10.1. The van der Waals surface area contributed by atoms with Crippen molar-refractivity contribution >= 4 is 53.1 Å². The Morgan fingerprint density at radius 2 is 1.80 bits per heavy atom. The van der Waals surface area contributed by atoms with E-state index in [1.807, 2.05) is 24.3 Å². The van der Waals surface area contributed by atoms with Gasteiger partial charge < -0.3 is 20.9 Å². The molecular formula is C21H30IN5O2S. The van der Waals surface area contributed by atoms with Gasteiger partial charge in [0.1, 0.15) is 6.54 Å². The number of hydrogen-bond donors (Lipinski definition) is 3. The predicted octanol–water partition coefficient (Wildman–Crippen LogP) is 2.13. The Morgan fingerprint density at radius 1 is 1.07 bits per heavy atom. The molecule has 2 aromatic rings. The van der Waals surface area contributed by atoms with Crippen LogP contribution in [-0.2, 0) is 17.6 Å². The average Bonchev–Trinajstić information content (AvgIpc) is 3.24. The SMILES string of the molecule is CNC(=O)c1cccc(CCNC(=NCC(=O)N(C)C)NCCc2cccs2)c1.I. The van der Waals surface area contributed by atoms with Crippen molar-refractivity contribution in [2.75, 3.05) is 40.8 Å². The van der Waals surface area contributed by atoms with E-state index in [1.54, 1.807) is 38.5 Å². The second kappa shape index (κ2) is 14.0. The summed E-state index contributed by atoms with van der Waals surface area (Å²) < 4.78 is 0. The first-order chi connectivity index (χ1) is 14.0. The average molecular weight is 543 g/mol. The van der Waals surface area contributed by atoms with E-state index in [2.05, 4.69) is 32.4 Å². The summed E-state index contributed by atoms with van der Waals surface area (Å²) in [5, 5.41) is 11.3. The number of thiophene rings is 1. The monoisotopic (exact) mass is 543 g/mol. The molecule has 30 heavy (non-hydrogen) atoms. The summed E-state index contributed by atoms with van der Waals surface area (Å²) >= 11 is 1.72. The third-order valence-electron chi connectivity index (χ3n) is 4.24. The fourth-order valence-electron chi connectivity index (χ4n) is 2.56. The van der Waals surface area contributed by atoms with Crippen LogP contribution in [0.5, 0.6) is 0 Å². The minimum absolute atomic E-state index is 0. The van der Waals surface area contributed by atoms with Gasteiger partial charge in [-0.05, 0) is 42.0 Å². The number of guanidine groups is 1. The van der Waals surface area contributed by atoms with Gasteiger partial charge in [-0.3, -0.25) is 9.59 Å². The zero-order valence-electron chi connectivity index (χ0n) is 17.6. The second-order valence-electron chi connectivity index (χ2n) is 6.67. The van der Waals surface area contributed by atoms with Gasteiger partial charge in [-0.25, -0.2) is 4.99 Å².